The highest BCUT2D eigenvalue weighted by Crippen LogP contribution is 2.20. The number of benzene rings is 2. The lowest BCUT2D eigenvalue weighted by atomic mass is 10.2. The molecular formula is C24H31N3O3. The fourth-order valence-electron chi connectivity index (χ4n) is 3.05. The number of nitrogens with one attached hydrogen (secondary N) is 2. The molecule has 0 heterocycles. The number of carbonyl (C=O) groups excluding carboxylic acids is 2. The van der Waals surface area contributed by atoms with Gasteiger partial charge in [-0.2, -0.15) is 0 Å². The topological polar surface area (TPSA) is 70.7 Å². The van der Waals surface area contributed by atoms with E-state index in [1.807, 2.05) is 48.5 Å². The Morgan fingerprint density at radius 2 is 1.67 bits per heavy atom. The summed E-state index contributed by atoms with van der Waals surface area (Å²) >= 11 is 0. The van der Waals surface area contributed by atoms with Crippen molar-refractivity contribution in [2.24, 2.45) is 0 Å². The molecule has 1 atom stereocenters. The molecule has 2 N–H and O–H groups in total. The minimum Gasteiger partial charge on any atom is -0.497 e. The van der Waals surface area contributed by atoms with Gasteiger partial charge >= 0.3 is 0 Å². The van der Waals surface area contributed by atoms with E-state index in [0.29, 0.717) is 11.7 Å². The van der Waals surface area contributed by atoms with Crippen molar-refractivity contribution in [3.05, 3.63) is 60.2 Å². The van der Waals surface area contributed by atoms with Gasteiger partial charge in [0.2, 0.25) is 11.8 Å². The number of rotatable bonds is 9. The molecule has 30 heavy (non-hydrogen) atoms. The number of hydrogen-bond donors (Lipinski definition) is 2. The molecular weight excluding hydrogens is 378 g/mol. The van der Waals surface area contributed by atoms with Crippen molar-refractivity contribution in [3.63, 3.8) is 0 Å². The molecule has 2 amide bonds. The van der Waals surface area contributed by atoms with Crippen LogP contribution in [0.25, 0.3) is 6.08 Å². The van der Waals surface area contributed by atoms with Crippen molar-refractivity contribution < 1.29 is 14.3 Å². The zero-order chi connectivity index (χ0) is 22.1. The largest absolute Gasteiger partial charge is 0.497 e. The summed E-state index contributed by atoms with van der Waals surface area (Å²) in [7, 11) is 1.60. The summed E-state index contributed by atoms with van der Waals surface area (Å²) in [6, 6.07) is 14.8. The van der Waals surface area contributed by atoms with E-state index in [0.717, 1.165) is 23.5 Å². The minimum atomic E-state index is -0.666. The van der Waals surface area contributed by atoms with E-state index in [2.05, 4.69) is 36.3 Å². The van der Waals surface area contributed by atoms with Gasteiger partial charge in [-0.1, -0.05) is 12.1 Å². The van der Waals surface area contributed by atoms with Crippen LogP contribution >= 0.6 is 0 Å². The third kappa shape index (κ3) is 6.65. The van der Waals surface area contributed by atoms with E-state index in [9.17, 15) is 9.59 Å². The summed E-state index contributed by atoms with van der Waals surface area (Å²) in [4.78, 5) is 26.8. The van der Waals surface area contributed by atoms with Gasteiger partial charge in [-0.15, -0.1) is 0 Å². The maximum atomic E-state index is 12.4. The van der Waals surface area contributed by atoms with Gasteiger partial charge in [0.15, 0.2) is 0 Å². The van der Waals surface area contributed by atoms with Crippen molar-refractivity contribution >= 4 is 29.3 Å². The second kappa shape index (κ2) is 11.0. The number of nitrogens with zero attached hydrogens (tertiary/aromatic N) is 1. The predicted molar refractivity (Wildman–Crippen MR) is 123 cm³/mol. The molecule has 1 unspecified atom stereocenters. The van der Waals surface area contributed by atoms with Gasteiger partial charge in [0, 0.05) is 30.0 Å². The highest BCUT2D eigenvalue weighted by molar-refractivity contribution is 5.99. The van der Waals surface area contributed by atoms with E-state index < -0.39 is 6.04 Å². The van der Waals surface area contributed by atoms with E-state index in [4.69, 9.17) is 4.74 Å². The van der Waals surface area contributed by atoms with Crippen molar-refractivity contribution in [1.29, 1.82) is 0 Å². The average molecular weight is 410 g/mol. The molecule has 0 aromatic heterocycles. The van der Waals surface area contributed by atoms with Gasteiger partial charge in [0.05, 0.1) is 7.11 Å². The molecule has 0 fully saturated rings. The Morgan fingerprint density at radius 3 is 2.20 bits per heavy atom. The lowest BCUT2D eigenvalue weighted by Gasteiger charge is -2.27. The smallest absolute Gasteiger partial charge is 0.246 e. The zero-order valence-electron chi connectivity index (χ0n) is 18.3. The summed E-state index contributed by atoms with van der Waals surface area (Å²) in [5.41, 5.74) is 2.67. The van der Waals surface area contributed by atoms with Crippen LogP contribution in [0.15, 0.2) is 54.6 Å². The Kier molecular flexibility index (Phi) is 8.47. The highest BCUT2D eigenvalue weighted by Gasteiger charge is 2.15. The number of hydrogen-bond acceptors (Lipinski definition) is 4. The van der Waals surface area contributed by atoms with Gasteiger partial charge in [-0.25, -0.2) is 0 Å². The Balaban J connectivity index is 1.89. The summed E-state index contributed by atoms with van der Waals surface area (Å²) in [5.74, 6) is 0.144. The third-order valence-electron chi connectivity index (χ3n) is 4.73. The van der Waals surface area contributed by atoms with Crippen LogP contribution in [0.2, 0.25) is 0 Å². The van der Waals surface area contributed by atoms with E-state index in [1.165, 1.54) is 6.08 Å². The fourth-order valence-corrected chi connectivity index (χ4v) is 3.05. The number of carbonyl (C=O) groups is 2. The van der Waals surface area contributed by atoms with Gasteiger partial charge in [0.1, 0.15) is 11.8 Å². The molecule has 160 valence electrons. The van der Waals surface area contributed by atoms with E-state index in [1.54, 1.807) is 20.1 Å². The molecule has 2 rings (SSSR count). The van der Waals surface area contributed by atoms with Crippen molar-refractivity contribution in [2.75, 3.05) is 23.9 Å². The molecule has 0 saturated heterocycles. The average Bonchev–Trinajstić information content (AvgIpc) is 2.74. The number of anilines is 2. The molecule has 0 spiro atoms. The Morgan fingerprint density at radius 1 is 1.03 bits per heavy atom. The quantitative estimate of drug-likeness (QED) is 0.612. The monoisotopic (exact) mass is 409 g/mol. The molecule has 0 bridgehead atoms. The van der Waals surface area contributed by atoms with Gasteiger partial charge in [0.25, 0.3) is 0 Å². The molecule has 6 nitrogen and oxygen atoms in total. The summed E-state index contributed by atoms with van der Waals surface area (Å²) in [5, 5.41) is 5.51. The summed E-state index contributed by atoms with van der Waals surface area (Å²) in [6.45, 7) is 8.97. The minimum absolute atomic E-state index is 0.273. The van der Waals surface area contributed by atoms with Crippen LogP contribution in [0.5, 0.6) is 5.75 Å². The van der Waals surface area contributed by atoms with E-state index >= 15 is 0 Å². The van der Waals surface area contributed by atoms with Gasteiger partial charge in [-0.3, -0.25) is 9.59 Å². The molecule has 0 aliphatic heterocycles. The lowest BCUT2D eigenvalue weighted by Crippen LogP contribution is -2.40. The van der Waals surface area contributed by atoms with Crippen LogP contribution in [-0.4, -0.2) is 37.6 Å². The first-order valence-electron chi connectivity index (χ1n) is 10.1. The Bertz CT molecular complexity index is 858. The summed E-state index contributed by atoms with van der Waals surface area (Å²) < 4.78 is 5.11. The number of amides is 2. The van der Waals surface area contributed by atoms with Crippen molar-refractivity contribution in [3.8, 4) is 5.75 Å². The molecule has 0 aliphatic carbocycles. The highest BCUT2D eigenvalue weighted by atomic mass is 16.5. The van der Waals surface area contributed by atoms with Crippen LogP contribution in [0.3, 0.4) is 0 Å². The first-order chi connectivity index (χ1) is 14.3. The van der Waals surface area contributed by atoms with Crippen molar-refractivity contribution in [2.45, 2.75) is 39.8 Å². The Hall–Kier alpha value is -3.28. The van der Waals surface area contributed by atoms with Crippen LogP contribution in [-0.2, 0) is 9.59 Å². The van der Waals surface area contributed by atoms with Crippen LogP contribution in [0, 0.1) is 0 Å². The second-order valence-corrected chi connectivity index (χ2v) is 7.25. The maximum absolute atomic E-state index is 12.4. The molecule has 2 aromatic rings. The second-order valence-electron chi connectivity index (χ2n) is 7.25. The van der Waals surface area contributed by atoms with Gasteiger partial charge < -0.3 is 20.3 Å². The fraction of sp³-hybridized carbons (Fsp3) is 0.333. The third-order valence-corrected chi connectivity index (χ3v) is 4.73. The molecule has 0 saturated carbocycles. The molecule has 2 aromatic carbocycles. The first-order valence-corrected chi connectivity index (χ1v) is 10.1. The molecule has 6 heteroatoms. The zero-order valence-corrected chi connectivity index (χ0v) is 18.3. The Labute approximate surface area is 178 Å². The number of methoxy groups -OCH3 is 1. The van der Waals surface area contributed by atoms with Crippen LogP contribution in [0.1, 0.15) is 33.3 Å². The normalized spacial score (nSPS) is 11.9. The lowest BCUT2D eigenvalue weighted by molar-refractivity contribution is -0.123. The van der Waals surface area contributed by atoms with Gasteiger partial charge in [-0.05, 0) is 75.7 Å². The standard InChI is InChI=1S/C24H31N3O3/c1-6-27(17(2)3)21-12-10-20(11-13-21)26-24(29)18(4)25-23(28)16-9-19-7-14-22(30-5)15-8-19/h7-18H,6H2,1-5H3,(H,25,28)(H,26,29)/b16-9+. The maximum Gasteiger partial charge on any atom is 0.246 e. The van der Waals surface area contributed by atoms with Crippen molar-refractivity contribution in [1.82, 2.24) is 5.32 Å². The number of ether oxygens (including phenoxy) is 1. The molecule has 0 aliphatic rings. The predicted octanol–water partition coefficient (Wildman–Crippen LogP) is 4.09. The van der Waals surface area contributed by atoms with E-state index in [-0.39, 0.29) is 11.8 Å². The van der Waals surface area contributed by atoms with Crippen LogP contribution in [0.4, 0.5) is 11.4 Å². The first kappa shape index (κ1) is 23.0. The van der Waals surface area contributed by atoms with Crippen LogP contribution < -0.4 is 20.3 Å². The summed E-state index contributed by atoms with van der Waals surface area (Å²) in [6.07, 6.45) is 3.10. The SMILES string of the molecule is CCN(c1ccc(NC(=O)C(C)NC(=O)/C=C/c2ccc(OC)cc2)cc1)C(C)C. The molecule has 0 radical (unpaired) electrons.